The minimum absolute atomic E-state index is 0.0556. The molecule has 0 saturated carbocycles. The Bertz CT molecular complexity index is 1020. The van der Waals surface area contributed by atoms with Gasteiger partial charge in [-0.3, -0.25) is 10.1 Å². The number of nitrogens with one attached hydrogen (secondary N) is 1. The lowest BCUT2D eigenvalue weighted by molar-refractivity contribution is -0.384. The van der Waals surface area contributed by atoms with E-state index in [1.54, 1.807) is 12.1 Å². The van der Waals surface area contributed by atoms with E-state index < -0.39 is 4.92 Å². The molecule has 0 aliphatic carbocycles. The number of rotatable bonds is 7. The lowest BCUT2D eigenvalue weighted by atomic mass is 10.2. The molecule has 0 aliphatic rings. The number of non-ortho nitro benzene ring substituents is 1. The van der Waals surface area contributed by atoms with Crippen molar-refractivity contribution in [3.05, 3.63) is 79.2 Å². The summed E-state index contributed by atoms with van der Waals surface area (Å²) in [5.74, 6) is 1.22. The second-order valence-corrected chi connectivity index (χ2v) is 7.12. The van der Waals surface area contributed by atoms with E-state index in [2.05, 4.69) is 15.3 Å². The molecule has 0 fully saturated rings. The maximum Gasteiger partial charge on any atom is 0.272 e. The van der Waals surface area contributed by atoms with Gasteiger partial charge < -0.3 is 10.1 Å². The molecule has 150 valence electrons. The van der Waals surface area contributed by atoms with E-state index in [-0.39, 0.29) is 21.5 Å². The van der Waals surface area contributed by atoms with Gasteiger partial charge in [0.2, 0.25) is 0 Å². The summed E-state index contributed by atoms with van der Waals surface area (Å²) in [6.07, 6.45) is 2.19. The van der Waals surface area contributed by atoms with Crippen molar-refractivity contribution in [2.24, 2.45) is 0 Å². The number of hydrogen-bond acceptors (Lipinski definition) is 6. The lowest BCUT2D eigenvalue weighted by Crippen LogP contribution is -2.04. The highest BCUT2D eigenvalue weighted by atomic mass is 35.5. The van der Waals surface area contributed by atoms with E-state index in [1.165, 1.54) is 18.5 Å². The highest BCUT2D eigenvalue weighted by Gasteiger charge is 2.16. The van der Waals surface area contributed by atoms with Crippen LogP contribution >= 0.6 is 34.8 Å². The van der Waals surface area contributed by atoms with Crippen LogP contribution in [0.25, 0.3) is 0 Å². The summed E-state index contributed by atoms with van der Waals surface area (Å²) in [5, 5.41) is 14.7. The SMILES string of the molecule is CCc1ncnc(NCc2ccc(Oc3c(Cl)cc([N+](=O)[O-])cc3Cl)cc2)c1Cl. The van der Waals surface area contributed by atoms with Crippen LogP contribution in [-0.4, -0.2) is 14.9 Å². The van der Waals surface area contributed by atoms with Crippen molar-refractivity contribution in [1.82, 2.24) is 9.97 Å². The number of halogens is 3. The molecule has 3 aromatic rings. The number of nitro groups is 1. The lowest BCUT2D eigenvalue weighted by Gasteiger charge is -2.11. The van der Waals surface area contributed by atoms with Gasteiger partial charge in [-0.2, -0.15) is 0 Å². The molecule has 10 heteroatoms. The predicted octanol–water partition coefficient (Wildman–Crippen LogP) is 6.31. The minimum atomic E-state index is -0.573. The first kappa shape index (κ1) is 21.1. The molecule has 0 spiro atoms. The van der Waals surface area contributed by atoms with Gasteiger partial charge in [-0.25, -0.2) is 9.97 Å². The Labute approximate surface area is 181 Å². The van der Waals surface area contributed by atoms with E-state index in [4.69, 9.17) is 39.5 Å². The second kappa shape index (κ2) is 9.26. The zero-order chi connectivity index (χ0) is 21.0. The number of benzene rings is 2. The van der Waals surface area contributed by atoms with Gasteiger partial charge in [0.15, 0.2) is 5.75 Å². The van der Waals surface area contributed by atoms with Gasteiger partial charge in [-0.1, -0.05) is 53.9 Å². The zero-order valence-electron chi connectivity index (χ0n) is 15.2. The molecule has 0 radical (unpaired) electrons. The maximum absolute atomic E-state index is 10.9. The summed E-state index contributed by atoms with van der Waals surface area (Å²) < 4.78 is 5.69. The Morgan fingerprint density at radius 2 is 1.76 bits per heavy atom. The number of aromatic nitrogens is 2. The molecule has 3 rings (SSSR count). The van der Waals surface area contributed by atoms with Gasteiger partial charge in [-0.05, 0) is 24.1 Å². The first-order chi connectivity index (χ1) is 13.9. The fourth-order valence-electron chi connectivity index (χ4n) is 2.50. The number of hydrogen-bond donors (Lipinski definition) is 1. The zero-order valence-corrected chi connectivity index (χ0v) is 17.4. The molecule has 1 heterocycles. The topological polar surface area (TPSA) is 90.2 Å². The van der Waals surface area contributed by atoms with Crippen LogP contribution in [0.1, 0.15) is 18.2 Å². The summed E-state index contributed by atoms with van der Waals surface area (Å²) in [5.41, 5.74) is 1.54. The fraction of sp³-hybridized carbons (Fsp3) is 0.158. The van der Waals surface area contributed by atoms with Crippen molar-refractivity contribution in [3.63, 3.8) is 0 Å². The Morgan fingerprint density at radius 1 is 1.10 bits per heavy atom. The predicted molar refractivity (Wildman–Crippen MR) is 113 cm³/mol. The van der Waals surface area contributed by atoms with Crippen molar-refractivity contribution < 1.29 is 9.66 Å². The first-order valence-corrected chi connectivity index (χ1v) is 9.66. The molecule has 0 bridgehead atoms. The molecule has 0 saturated heterocycles. The van der Waals surface area contributed by atoms with E-state index in [1.807, 2.05) is 19.1 Å². The summed E-state index contributed by atoms with van der Waals surface area (Å²) in [7, 11) is 0. The third kappa shape index (κ3) is 5.06. The van der Waals surface area contributed by atoms with Crippen molar-refractivity contribution >= 4 is 46.3 Å². The number of aryl methyl sites for hydroxylation is 1. The first-order valence-electron chi connectivity index (χ1n) is 8.52. The van der Waals surface area contributed by atoms with Gasteiger partial charge >= 0.3 is 0 Å². The Kier molecular flexibility index (Phi) is 6.74. The van der Waals surface area contributed by atoms with Crippen LogP contribution in [0, 0.1) is 10.1 Å². The monoisotopic (exact) mass is 452 g/mol. The third-order valence-electron chi connectivity index (χ3n) is 3.99. The second-order valence-electron chi connectivity index (χ2n) is 5.93. The maximum atomic E-state index is 10.9. The molecule has 2 aromatic carbocycles. The fourth-order valence-corrected chi connectivity index (χ4v) is 3.36. The average Bonchev–Trinajstić information content (AvgIpc) is 2.70. The molecule has 0 unspecified atom stereocenters. The van der Waals surface area contributed by atoms with Crippen molar-refractivity contribution in [3.8, 4) is 11.5 Å². The van der Waals surface area contributed by atoms with Gasteiger partial charge in [0.1, 0.15) is 22.9 Å². The van der Waals surface area contributed by atoms with Crippen LogP contribution in [0.4, 0.5) is 11.5 Å². The molecule has 1 aromatic heterocycles. The molecular weight excluding hydrogens is 439 g/mol. The normalized spacial score (nSPS) is 10.6. The number of anilines is 1. The third-order valence-corrected chi connectivity index (χ3v) is 4.95. The molecule has 29 heavy (non-hydrogen) atoms. The van der Waals surface area contributed by atoms with Crippen LogP contribution in [0.3, 0.4) is 0 Å². The van der Waals surface area contributed by atoms with Gasteiger partial charge in [0, 0.05) is 18.7 Å². The summed E-state index contributed by atoms with van der Waals surface area (Å²) in [6, 6.07) is 9.57. The molecule has 7 nitrogen and oxygen atoms in total. The molecule has 1 N–H and O–H groups in total. The van der Waals surface area contributed by atoms with Crippen LogP contribution < -0.4 is 10.1 Å². The number of nitro benzene ring substituents is 1. The average molecular weight is 454 g/mol. The van der Waals surface area contributed by atoms with Crippen molar-refractivity contribution in [2.75, 3.05) is 5.32 Å². The van der Waals surface area contributed by atoms with E-state index >= 15 is 0 Å². The van der Waals surface area contributed by atoms with Gasteiger partial charge in [0.25, 0.3) is 5.69 Å². The van der Waals surface area contributed by atoms with Crippen LogP contribution in [-0.2, 0) is 13.0 Å². The van der Waals surface area contributed by atoms with Crippen molar-refractivity contribution in [1.29, 1.82) is 0 Å². The Hall–Kier alpha value is -2.61. The largest absolute Gasteiger partial charge is 0.454 e. The van der Waals surface area contributed by atoms with Crippen LogP contribution in [0.2, 0.25) is 15.1 Å². The standard InChI is InChI=1S/C19H15Cl3N4O3/c1-2-16-17(22)19(25-10-24-16)23-9-11-3-5-13(6-4-11)29-18-14(20)7-12(26(27)28)8-15(18)21/h3-8,10H,2,9H2,1H3,(H,23,24,25). The number of ether oxygens (including phenoxy) is 1. The summed E-state index contributed by atoms with van der Waals surface area (Å²) in [6.45, 7) is 2.47. The Balaban J connectivity index is 1.69. The van der Waals surface area contributed by atoms with E-state index in [9.17, 15) is 10.1 Å². The highest BCUT2D eigenvalue weighted by molar-refractivity contribution is 6.37. The molecule has 0 atom stereocenters. The van der Waals surface area contributed by atoms with E-state index in [0.29, 0.717) is 23.1 Å². The quantitative estimate of drug-likeness (QED) is 0.333. The smallest absolute Gasteiger partial charge is 0.272 e. The van der Waals surface area contributed by atoms with Crippen molar-refractivity contribution in [2.45, 2.75) is 19.9 Å². The molecule has 0 amide bonds. The number of nitrogens with zero attached hydrogens (tertiary/aromatic N) is 3. The van der Waals surface area contributed by atoms with Gasteiger partial charge in [0.05, 0.1) is 20.7 Å². The minimum Gasteiger partial charge on any atom is -0.454 e. The van der Waals surface area contributed by atoms with Gasteiger partial charge in [-0.15, -0.1) is 0 Å². The van der Waals surface area contributed by atoms with E-state index in [0.717, 1.165) is 17.7 Å². The summed E-state index contributed by atoms with van der Waals surface area (Å²) in [4.78, 5) is 18.6. The molecular formula is C19H15Cl3N4O3. The highest BCUT2D eigenvalue weighted by Crippen LogP contribution is 2.39. The van der Waals surface area contributed by atoms with Crippen LogP contribution in [0.5, 0.6) is 11.5 Å². The molecule has 0 aliphatic heterocycles. The summed E-state index contributed by atoms with van der Waals surface area (Å²) >= 11 is 18.4. The van der Waals surface area contributed by atoms with Crippen LogP contribution in [0.15, 0.2) is 42.7 Å². The Morgan fingerprint density at radius 3 is 2.34 bits per heavy atom.